The quantitative estimate of drug-likeness (QED) is 0.389. The molecule has 3 N–H and O–H groups in total. The predicted molar refractivity (Wildman–Crippen MR) is 130 cm³/mol. The Morgan fingerprint density at radius 3 is 2.69 bits per heavy atom. The summed E-state index contributed by atoms with van der Waals surface area (Å²) in [6, 6.07) is 5.21. The smallest absolute Gasteiger partial charge is 0.320 e. The van der Waals surface area contributed by atoms with Gasteiger partial charge in [-0.25, -0.2) is 0 Å². The van der Waals surface area contributed by atoms with Crippen LogP contribution in [0.15, 0.2) is 18.2 Å². The number of nitrogens with zero attached hydrogens (tertiary/aromatic N) is 2. The number of carbonyl (C=O) groups is 3. The van der Waals surface area contributed by atoms with Crippen molar-refractivity contribution in [1.82, 2.24) is 15.1 Å². The zero-order chi connectivity index (χ0) is 24.9. The highest BCUT2D eigenvalue weighted by Gasteiger charge is 2.39. The molecule has 3 aliphatic rings. The molecule has 0 saturated carbocycles. The summed E-state index contributed by atoms with van der Waals surface area (Å²) >= 11 is 0. The van der Waals surface area contributed by atoms with Crippen molar-refractivity contribution in [3.8, 4) is 11.8 Å². The zero-order valence-corrected chi connectivity index (χ0v) is 20.3. The SMILES string of the molecule is CN1C(CCCCCCC#Cc2cccc3c2CN(C2CCC(=O)NC2O)C3=O)CCC1C(=O)O. The molecule has 0 bridgehead atoms. The number of carboxylic acids is 1. The van der Waals surface area contributed by atoms with Gasteiger partial charge in [0, 0.05) is 36.6 Å². The van der Waals surface area contributed by atoms with Crippen LogP contribution in [0.25, 0.3) is 0 Å². The second-order valence-corrected chi connectivity index (χ2v) is 9.89. The Hall–Kier alpha value is -2.89. The maximum absolute atomic E-state index is 12.9. The van der Waals surface area contributed by atoms with Gasteiger partial charge < -0.3 is 20.4 Å². The van der Waals surface area contributed by atoms with Crippen molar-refractivity contribution >= 4 is 17.8 Å². The van der Waals surface area contributed by atoms with E-state index in [2.05, 4.69) is 17.2 Å². The Labute approximate surface area is 206 Å². The first kappa shape index (κ1) is 25.2. The first-order valence-corrected chi connectivity index (χ1v) is 12.7. The van der Waals surface area contributed by atoms with Crippen LogP contribution in [-0.4, -0.2) is 69.2 Å². The fraction of sp³-hybridized carbons (Fsp3) is 0.593. The Balaban J connectivity index is 1.22. The number of piperidine rings is 1. The molecule has 1 aromatic carbocycles. The lowest BCUT2D eigenvalue weighted by Crippen LogP contribution is -2.55. The second-order valence-electron chi connectivity index (χ2n) is 9.89. The molecule has 8 nitrogen and oxygen atoms in total. The fourth-order valence-electron chi connectivity index (χ4n) is 5.60. The molecular weight excluding hydrogens is 446 g/mol. The molecule has 3 aliphatic heterocycles. The van der Waals surface area contributed by atoms with Crippen LogP contribution in [0.5, 0.6) is 0 Å². The highest BCUT2D eigenvalue weighted by Crippen LogP contribution is 2.30. The molecule has 2 amide bonds. The third-order valence-corrected chi connectivity index (χ3v) is 7.67. The minimum absolute atomic E-state index is 0.119. The Morgan fingerprint density at radius 2 is 1.94 bits per heavy atom. The molecule has 4 atom stereocenters. The number of amides is 2. The molecule has 0 aliphatic carbocycles. The summed E-state index contributed by atoms with van der Waals surface area (Å²) in [5.74, 6) is 5.47. The first-order valence-electron chi connectivity index (χ1n) is 12.7. The van der Waals surface area contributed by atoms with E-state index >= 15 is 0 Å². The molecule has 0 aromatic heterocycles. The van der Waals surface area contributed by atoms with Crippen molar-refractivity contribution in [3.05, 3.63) is 34.9 Å². The number of hydrogen-bond donors (Lipinski definition) is 3. The van der Waals surface area contributed by atoms with Gasteiger partial charge in [0.2, 0.25) is 5.91 Å². The number of likely N-dealkylation sites (tertiary alicyclic amines) is 1. The topological polar surface area (TPSA) is 110 Å². The Morgan fingerprint density at radius 1 is 1.14 bits per heavy atom. The molecule has 8 heteroatoms. The van der Waals surface area contributed by atoms with Gasteiger partial charge in [0.15, 0.2) is 0 Å². The van der Waals surface area contributed by atoms with Gasteiger partial charge >= 0.3 is 5.97 Å². The highest BCUT2D eigenvalue weighted by atomic mass is 16.4. The number of aliphatic hydroxyl groups excluding tert-OH is 1. The third-order valence-electron chi connectivity index (χ3n) is 7.67. The van der Waals surface area contributed by atoms with Crippen molar-refractivity contribution in [2.75, 3.05) is 7.05 Å². The Bertz CT molecular complexity index is 1030. The average molecular weight is 482 g/mol. The molecule has 4 rings (SSSR count). The standard InChI is InChI=1S/C27H35N3O5/c1-29-19(13-14-23(29)27(34)35)11-7-5-3-2-4-6-9-18-10-8-12-20-21(18)17-30(26(20)33)22-15-16-24(31)28-25(22)32/h8,10,12,19,22-23,25,32H,2-5,7,11,13-17H2,1H3,(H,28,31)(H,34,35). The van der Waals surface area contributed by atoms with Crippen molar-refractivity contribution in [1.29, 1.82) is 0 Å². The molecular formula is C27H35N3O5. The number of aliphatic carboxylic acids is 1. The largest absolute Gasteiger partial charge is 0.480 e. The van der Waals surface area contributed by atoms with E-state index < -0.39 is 18.2 Å². The number of unbranched alkanes of at least 4 members (excludes halogenated alkanes) is 4. The zero-order valence-electron chi connectivity index (χ0n) is 20.3. The van der Waals surface area contributed by atoms with E-state index in [1.807, 2.05) is 24.1 Å². The van der Waals surface area contributed by atoms with Gasteiger partial charge in [-0.1, -0.05) is 37.2 Å². The van der Waals surface area contributed by atoms with Gasteiger partial charge in [0.05, 0.1) is 6.04 Å². The monoisotopic (exact) mass is 481 g/mol. The molecule has 0 spiro atoms. The minimum Gasteiger partial charge on any atom is -0.480 e. The molecule has 35 heavy (non-hydrogen) atoms. The van der Waals surface area contributed by atoms with Crippen molar-refractivity contribution in [3.63, 3.8) is 0 Å². The summed E-state index contributed by atoms with van der Waals surface area (Å²) in [4.78, 5) is 39.4. The maximum atomic E-state index is 12.9. The van der Waals surface area contributed by atoms with Gasteiger partial charge in [-0.3, -0.25) is 19.3 Å². The molecule has 3 heterocycles. The first-order chi connectivity index (χ1) is 16.9. The molecule has 188 valence electrons. The van der Waals surface area contributed by atoms with Crippen LogP contribution in [0.4, 0.5) is 0 Å². The number of benzene rings is 1. The van der Waals surface area contributed by atoms with Gasteiger partial charge in [0.25, 0.3) is 5.91 Å². The van der Waals surface area contributed by atoms with Gasteiger partial charge in [-0.05, 0) is 56.8 Å². The van der Waals surface area contributed by atoms with Crippen LogP contribution in [0.2, 0.25) is 0 Å². The van der Waals surface area contributed by atoms with E-state index in [1.54, 1.807) is 11.0 Å². The highest BCUT2D eigenvalue weighted by molar-refractivity contribution is 5.99. The number of fused-ring (bicyclic) bond motifs is 1. The minimum atomic E-state index is -1.04. The normalized spacial score (nSPS) is 26.3. The van der Waals surface area contributed by atoms with Crippen LogP contribution in [-0.2, 0) is 16.1 Å². The number of aliphatic hydroxyl groups is 1. The van der Waals surface area contributed by atoms with E-state index in [1.165, 1.54) is 0 Å². The third kappa shape index (κ3) is 5.68. The van der Waals surface area contributed by atoms with Crippen LogP contribution >= 0.6 is 0 Å². The number of nitrogens with one attached hydrogen (secondary N) is 1. The van der Waals surface area contributed by atoms with E-state index in [0.29, 0.717) is 31.0 Å². The lowest BCUT2D eigenvalue weighted by atomic mass is 10.0. The van der Waals surface area contributed by atoms with Gasteiger partial charge in [0.1, 0.15) is 12.3 Å². The Kier molecular flexibility index (Phi) is 8.09. The maximum Gasteiger partial charge on any atom is 0.320 e. The number of carbonyl (C=O) groups excluding carboxylic acids is 2. The van der Waals surface area contributed by atoms with E-state index in [4.69, 9.17) is 0 Å². The number of carboxylic acid groups (broad SMARTS) is 1. The molecule has 4 unspecified atom stereocenters. The molecule has 2 fully saturated rings. The summed E-state index contributed by atoms with van der Waals surface area (Å²) in [6.07, 6.45) is 7.59. The van der Waals surface area contributed by atoms with E-state index in [-0.39, 0.29) is 17.9 Å². The summed E-state index contributed by atoms with van der Waals surface area (Å²) < 4.78 is 0. The fourth-order valence-corrected chi connectivity index (χ4v) is 5.60. The van der Waals surface area contributed by atoms with Crippen LogP contribution in [0, 0.1) is 11.8 Å². The van der Waals surface area contributed by atoms with Crippen molar-refractivity contribution in [2.45, 2.75) is 95.1 Å². The molecule has 0 radical (unpaired) electrons. The lowest BCUT2D eigenvalue weighted by Gasteiger charge is -2.35. The predicted octanol–water partition coefficient (Wildman–Crippen LogP) is 2.48. The summed E-state index contributed by atoms with van der Waals surface area (Å²) in [5.41, 5.74) is 2.38. The summed E-state index contributed by atoms with van der Waals surface area (Å²) in [7, 11) is 1.92. The number of hydrogen-bond acceptors (Lipinski definition) is 5. The average Bonchev–Trinajstić information content (AvgIpc) is 3.36. The van der Waals surface area contributed by atoms with Crippen LogP contribution < -0.4 is 5.32 Å². The molecule has 1 aromatic rings. The van der Waals surface area contributed by atoms with Crippen LogP contribution in [0.1, 0.15) is 85.7 Å². The second kappa shape index (κ2) is 11.2. The number of likely N-dealkylation sites (N-methyl/N-ethyl adjacent to an activating group) is 1. The number of rotatable bonds is 8. The summed E-state index contributed by atoms with van der Waals surface area (Å²) in [5, 5.41) is 22.0. The molecule has 2 saturated heterocycles. The van der Waals surface area contributed by atoms with Gasteiger partial charge in [-0.2, -0.15) is 0 Å². The van der Waals surface area contributed by atoms with Crippen molar-refractivity contribution < 1.29 is 24.6 Å². The lowest BCUT2D eigenvalue weighted by molar-refractivity contribution is -0.142. The summed E-state index contributed by atoms with van der Waals surface area (Å²) in [6.45, 7) is 0.398. The van der Waals surface area contributed by atoms with E-state index in [9.17, 15) is 24.6 Å². The van der Waals surface area contributed by atoms with E-state index in [0.717, 1.165) is 62.5 Å². The van der Waals surface area contributed by atoms with Gasteiger partial charge in [-0.15, -0.1) is 0 Å². The van der Waals surface area contributed by atoms with Crippen LogP contribution in [0.3, 0.4) is 0 Å². The van der Waals surface area contributed by atoms with Crippen molar-refractivity contribution in [2.24, 2.45) is 0 Å².